The van der Waals surface area contributed by atoms with E-state index >= 15 is 0 Å². The van der Waals surface area contributed by atoms with Crippen molar-refractivity contribution >= 4 is 5.97 Å². The van der Waals surface area contributed by atoms with Crippen LogP contribution in [0.25, 0.3) is 0 Å². The summed E-state index contributed by atoms with van der Waals surface area (Å²) in [5.74, 6) is -0.175. The number of carbonyl (C=O) groups is 1. The van der Waals surface area contributed by atoms with Crippen molar-refractivity contribution in [2.45, 2.75) is 39.0 Å². The van der Waals surface area contributed by atoms with Crippen LogP contribution in [0.2, 0.25) is 0 Å². The molecule has 0 aliphatic carbocycles. The van der Waals surface area contributed by atoms with Crippen LogP contribution in [0.1, 0.15) is 39.0 Å². The highest BCUT2D eigenvalue weighted by molar-refractivity contribution is 5.68. The van der Waals surface area contributed by atoms with Gasteiger partial charge in [-0.2, -0.15) is 5.48 Å². The third kappa shape index (κ3) is 9.30. The molecule has 13 heavy (non-hydrogen) atoms. The quantitative estimate of drug-likeness (QED) is 0.440. The largest absolute Gasteiger partial charge is 0.371 e. The van der Waals surface area contributed by atoms with Gasteiger partial charge in [-0.15, -0.1) is 0 Å². The lowest BCUT2D eigenvalue weighted by molar-refractivity contribution is -0.151. The zero-order valence-corrected chi connectivity index (χ0v) is 8.34. The number of hydroxylamine groups is 1. The molecule has 4 heteroatoms. The molecule has 0 aliphatic heterocycles. The van der Waals surface area contributed by atoms with E-state index < -0.39 is 0 Å². The molecule has 0 bridgehead atoms. The zero-order valence-electron chi connectivity index (χ0n) is 8.34. The number of nitrogens with two attached hydrogens (primary N) is 1. The minimum Gasteiger partial charge on any atom is -0.371 e. The van der Waals surface area contributed by atoms with Gasteiger partial charge in [-0.25, -0.2) is 0 Å². The SMILES string of the molecule is CCCCCC(=O)ONCCCN. The van der Waals surface area contributed by atoms with Crippen molar-refractivity contribution in [2.24, 2.45) is 5.73 Å². The van der Waals surface area contributed by atoms with Crippen molar-refractivity contribution in [2.75, 3.05) is 13.1 Å². The maximum absolute atomic E-state index is 11.0. The van der Waals surface area contributed by atoms with E-state index in [1.54, 1.807) is 0 Å². The first-order chi connectivity index (χ1) is 6.31. The van der Waals surface area contributed by atoms with E-state index in [2.05, 4.69) is 12.4 Å². The van der Waals surface area contributed by atoms with Crippen molar-refractivity contribution in [3.63, 3.8) is 0 Å². The highest BCUT2D eigenvalue weighted by Crippen LogP contribution is 1.99. The molecule has 0 unspecified atom stereocenters. The van der Waals surface area contributed by atoms with Crippen LogP contribution >= 0.6 is 0 Å². The summed E-state index contributed by atoms with van der Waals surface area (Å²) in [6.45, 7) is 3.35. The molecular weight excluding hydrogens is 168 g/mol. The van der Waals surface area contributed by atoms with E-state index in [-0.39, 0.29) is 5.97 Å². The summed E-state index contributed by atoms with van der Waals surface area (Å²) < 4.78 is 0. The van der Waals surface area contributed by atoms with E-state index in [0.29, 0.717) is 19.5 Å². The van der Waals surface area contributed by atoms with Gasteiger partial charge >= 0.3 is 5.97 Å². The second-order valence-corrected chi connectivity index (χ2v) is 2.97. The number of unbranched alkanes of at least 4 members (excludes halogenated alkanes) is 2. The molecule has 3 N–H and O–H groups in total. The molecule has 0 atom stereocenters. The molecule has 0 saturated carbocycles. The van der Waals surface area contributed by atoms with Gasteiger partial charge in [-0.3, -0.25) is 4.79 Å². The van der Waals surface area contributed by atoms with Crippen LogP contribution < -0.4 is 11.2 Å². The second-order valence-electron chi connectivity index (χ2n) is 2.97. The molecule has 0 amide bonds. The summed E-state index contributed by atoms with van der Waals surface area (Å²) in [5, 5.41) is 0. The Kier molecular flexibility index (Phi) is 9.03. The van der Waals surface area contributed by atoms with Crippen LogP contribution in [0.5, 0.6) is 0 Å². The monoisotopic (exact) mass is 188 g/mol. The predicted octanol–water partition coefficient (Wildman–Crippen LogP) is 0.963. The maximum atomic E-state index is 11.0. The topological polar surface area (TPSA) is 64.3 Å². The highest BCUT2D eigenvalue weighted by atomic mass is 16.7. The van der Waals surface area contributed by atoms with Crippen LogP contribution in [-0.4, -0.2) is 19.1 Å². The standard InChI is InChI=1S/C9H20N2O2/c1-2-3-4-6-9(12)13-11-8-5-7-10/h11H,2-8,10H2,1H3. The van der Waals surface area contributed by atoms with Gasteiger partial charge in [-0.1, -0.05) is 19.8 Å². The fraction of sp³-hybridized carbons (Fsp3) is 0.889. The van der Waals surface area contributed by atoms with Crippen LogP contribution in [0, 0.1) is 0 Å². The Balaban J connectivity index is 3.11. The molecule has 0 radical (unpaired) electrons. The highest BCUT2D eigenvalue weighted by Gasteiger charge is 2.00. The molecule has 0 aromatic rings. The lowest BCUT2D eigenvalue weighted by atomic mass is 10.2. The molecule has 0 saturated heterocycles. The van der Waals surface area contributed by atoms with Crippen molar-refractivity contribution in [3.8, 4) is 0 Å². The Hall–Kier alpha value is -0.610. The third-order valence-corrected chi connectivity index (χ3v) is 1.65. The van der Waals surface area contributed by atoms with Crippen LogP contribution in [0.15, 0.2) is 0 Å². The minimum atomic E-state index is -0.175. The zero-order chi connectivity index (χ0) is 9.94. The fourth-order valence-corrected chi connectivity index (χ4v) is 0.876. The summed E-state index contributed by atoms with van der Waals surface area (Å²) in [5.41, 5.74) is 7.85. The number of hydrogen-bond donors (Lipinski definition) is 2. The molecule has 0 fully saturated rings. The molecule has 0 spiro atoms. The minimum absolute atomic E-state index is 0.175. The van der Waals surface area contributed by atoms with Gasteiger partial charge in [0.15, 0.2) is 0 Å². The first-order valence-corrected chi connectivity index (χ1v) is 4.93. The van der Waals surface area contributed by atoms with E-state index in [0.717, 1.165) is 25.7 Å². The smallest absolute Gasteiger partial charge is 0.324 e. The number of hydrogen-bond acceptors (Lipinski definition) is 4. The summed E-state index contributed by atoms with van der Waals surface area (Å²) in [7, 11) is 0. The molecule has 0 aromatic carbocycles. The van der Waals surface area contributed by atoms with Gasteiger partial charge in [0.1, 0.15) is 0 Å². The Morgan fingerprint density at radius 2 is 2.15 bits per heavy atom. The average molecular weight is 188 g/mol. The Morgan fingerprint density at radius 1 is 1.38 bits per heavy atom. The van der Waals surface area contributed by atoms with Gasteiger partial charge in [0.05, 0.1) is 0 Å². The number of carbonyl (C=O) groups excluding carboxylic acids is 1. The van der Waals surface area contributed by atoms with E-state index in [9.17, 15) is 4.79 Å². The predicted molar refractivity (Wildman–Crippen MR) is 51.9 cm³/mol. The van der Waals surface area contributed by atoms with Crippen molar-refractivity contribution in [3.05, 3.63) is 0 Å². The van der Waals surface area contributed by atoms with E-state index in [1.807, 2.05) is 0 Å². The van der Waals surface area contributed by atoms with Gasteiger partial charge in [0, 0.05) is 13.0 Å². The molecule has 78 valence electrons. The van der Waals surface area contributed by atoms with Gasteiger partial charge in [-0.05, 0) is 19.4 Å². The molecule has 0 aromatic heterocycles. The third-order valence-electron chi connectivity index (χ3n) is 1.65. The Bertz CT molecular complexity index is 129. The maximum Gasteiger partial charge on any atom is 0.324 e. The van der Waals surface area contributed by atoms with Gasteiger partial charge in [0.25, 0.3) is 0 Å². The van der Waals surface area contributed by atoms with Gasteiger partial charge < -0.3 is 10.6 Å². The molecule has 0 heterocycles. The summed E-state index contributed by atoms with van der Waals surface area (Å²) in [6, 6.07) is 0. The van der Waals surface area contributed by atoms with Crippen LogP contribution in [0.4, 0.5) is 0 Å². The summed E-state index contributed by atoms with van der Waals surface area (Å²) in [4.78, 5) is 15.7. The van der Waals surface area contributed by atoms with Crippen molar-refractivity contribution in [1.29, 1.82) is 0 Å². The van der Waals surface area contributed by atoms with Crippen molar-refractivity contribution < 1.29 is 9.63 Å². The fourth-order valence-electron chi connectivity index (χ4n) is 0.876. The van der Waals surface area contributed by atoms with Gasteiger partial charge in [0.2, 0.25) is 0 Å². The normalized spacial score (nSPS) is 10.0. The lowest BCUT2D eigenvalue weighted by Gasteiger charge is -2.04. The molecule has 0 aliphatic rings. The van der Waals surface area contributed by atoms with E-state index in [4.69, 9.17) is 10.6 Å². The Morgan fingerprint density at radius 3 is 2.77 bits per heavy atom. The molecule has 0 rings (SSSR count). The molecule has 4 nitrogen and oxygen atoms in total. The molecular formula is C9H20N2O2. The summed E-state index contributed by atoms with van der Waals surface area (Å²) >= 11 is 0. The first-order valence-electron chi connectivity index (χ1n) is 4.93. The van der Waals surface area contributed by atoms with E-state index in [1.165, 1.54) is 0 Å². The lowest BCUT2D eigenvalue weighted by Crippen LogP contribution is -2.22. The number of nitrogens with one attached hydrogen (secondary N) is 1. The first kappa shape index (κ1) is 12.4. The van der Waals surface area contributed by atoms with Crippen LogP contribution in [0.3, 0.4) is 0 Å². The average Bonchev–Trinajstić information content (AvgIpc) is 2.13. The van der Waals surface area contributed by atoms with Crippen LogP contribution in [-0.2, 0) is 9.63 Å². The van der Waals surface area contributed by atoms with Crippen molar-refractivity contribution in [1.82, 2.24) is 5.48 Å². The second kappa shape index (κ2) is 9.48. The summed E-state index contributed by atoms with van der Waals surface area (Å²) in [6.07, 6.45) is 4.44. The number of rotatable bonds is 8. The Labute approximate surface area is 79.8 Å².